The first-order valence-electron chi connectivity index (χ1n) is 9.48. The number of β-amino-alcohol motifs (C(OH)–C–C–N with tert-alkyl or cyclic N) is 1. The fourth-order valence-electron chi connectivity index (χ4n) is 3.32. The van der Waals surface area contributed by atoms with Crippen molar-refractivity contribution in [3.63, 3.8) is 0 Å². The highest BCUT2D eigenvalue weighted by Gasteiger charge is 2.28. The average molecular weight is 370 g/mol. The second kappa shape index (κ2) is 8.06. The average Bonchev–Trinajstić information content (AvgIpc) is 3.18. The van der Waals surface area contributed by atoms with Gasteiger partial charge in [-0.05, 0) is 25.0 Å². The van der Waals surface area contributed by atoms with E-state index in [1.807, 2.05) is 30.0 Å². The third-order valence-electron chi connectivity index (χ3n) is 4.96. The standard InChI is InChI=1S/C19H26N6O2/c1-13-3-2-5-21-18(13)22-7-6-20-17-9-16(14-4-8-27-12-14)23-19(24-17)25-10-15(26)11-25/h2-3,5,9,14-15,26H,4,6-8,10-12H2,1H3,(H,21,22)(H,20,23,24). The lowest BCUT2D eigenvalue weighted by Crippen LogP contribution is -2.51. The molecule has 0 spiro atoms. The SMILES string of the molecule is Cc1cccnc1NCCNc1cc(C2CCOC2)nc(N2CC(O)C2)n1. The number of pyridine rings is 1. The molecule has 2 fully saturated rings. The molecule has 2 aromatic rings. The maximum atomic E-state index is 9.59. The number of rotatable bonds is 7. The van der Waals surface area contributed by atoms with Gasteiger partial charge in [0, 0.05) is 51.0 Å². The number of hydrogen-bond acceptors (Lipinski definition) is 8. The van der Waals surface area contributed by atoms with E-state index in [0.29, 0.717) is 31.6 Å². The van der Waals surface area contributed by atoms with Gasteiger partial charge in [0.15, 0.2) is 0 Å². The zero-order valence-electron chi connectivity index (χ0n) is 15.6. The lowest BCUT2D eigenvalue weighted by Gasteiger charge is -2.36. The predicted molar refractivity (Wildman–Crippen MR) is 104 cm³/mol. The molecule has 8 nitrogen and oxygen atoms in total. The quantitative estimate of drug-likeness (QED) is 0.630. The third-order valence-corrected chi connectivity index (χ3v) is 4.96. The molecule has 8 heteroatoms. The van der Waals surface area contributed by atoms with Crippen LogP contribution in [0.4, 0.5) is 17.6 Å². The fraction of sp³-hybridized carbons (Fsp3) is 0.526. The summed E-state index contributed by atoms with van der Waals surface area (Å²) in [7, 11) is 0. The van der Waals surface area contributed by atoms with E-state index < -0.39 is 0 Å². The summed E-state index contributed by atoms with van der Waals surface area (Å²) >= 11 is 0. The van der Waals surface area contributed by atoms with Gasteiger partial charge in [0.1, 0.15) is 11.6 Å². The van der Waals surface area contributed by atoms with Crippen molar-refractivity contribution in [3.8, 4) is 0 Å². The van der Waals surface area contributed by atoms with Crippen molar-refractivity contribution in [1.82, 2.24) is 15.0 Å². The number of aryl methyl sites for hydroxylation is 1. The van der Waals surface area contributed by atoms with Crippen molar-refractivity contribution in [2.24, 2.45) is 0 Å². The van der Waals surface area contributed by atoms with Crippen LogP contribution in [0.1, 0.15) is 23.6 Å². The molecule has 3 N–H and O–H groups in total. The van der Waals surface area contributed by atoms with E-state index >= 15 is 0 Å². The molecule has 27 heavy (non-hydrogen) atoms. The fourth-order valence-corrected chi connectivity index (χ4v) is 3.32. The Morgan fingerprint density at radius 2 is 2.11 bits per heavy atom. The molecule has 0 bridgehead atoms. The first-order chi connectivity index (χ1) is 13.2. The molecule has 4 rings (SSSR count). The van der Waals surface area contributed by atoms with E-state index in [0.717, 1.165) is 49.0 Å². The number of ether oxygens (including phenoxy) is 1. The molecule has 2 aliphatic heterocycles. The van der Waals surface area contributed by atoms with E-state index in [2.05, 4.69) is 20.6 Å². The number of aromatic nitrogens is 3. The van der Waals surface area contributed by atoms with Gasteiger partial charge >= 0.3 is 0 Å². The maximum Gasteiger partial charge on any atom is 0.227 e. The van der Waals surface area contributed by atoms with Crippen LogP contribution in [0.5, 0.6) is 0 Å². The molecule has 1 unspecified atom stereocenters. The Kier molecular flexibility index (Phi) is 5.35. The molecule has 2 aliphatic rings. The summed E-state index contributed by atoms with van der Waals surface area (Å²) in [5.41, 5.74) is 2.14. The molecule has 4 heterocycles. The van der Waals surface area contributed by atoms with E-state index in [1.54, 1.807) is 6.20 Å². The number of aliphatic hydroxyl groups is 1. The molecule has 0 saturated carbocycles. The van der Waals surface area contributed by atoms with Gasteiger partial charge in [-0.1, -0.05) is 6.07 Å². The molecule has 0 aromatic carbocycles. The highest BCUT2D eigenvalue weighted by molar-refractivity contribution is 5.47. The smallest absolute Gasteiger partial charge is 0.227 e. The first-order valence-corrected chi connectivity index (χ1v) is 9.48. The molecule has 0 aliphatic carbocycles. The minimum absolute atomic E-state index is 0.283. The number of anilines is 3. The Balaban J connectivity index is 1.40. The lowest BCUT2D eigenvalue weighted by atomic mass is 10.0. The second-order valence-electron chi connectivity index (χ2n) is 7.12. The van der Waals surface area contributed by atoms with Crippen LogP contribution in [0.2, 0.25) is 0 Å². The first kappa shape index (κ1) is 17.9. The van der Waals surface area contributed by atoms with E-state index in [9.17, 15) is 5.11 Å². The van der Waals surface area contributed by atoms with Crippen LogP contribution in [0.25, 0.3) is 0 Å². The van der Waals surface area contributed by atoms with Gasteiger partial charge in [0.05, 0.1) is 18.4 Å². The lowest BCUT2D eigenvalue weighted by molar-refractivity contribution is 0.140. The maximum absolute atomic E-state index is 9.59. The Bertz CT molecular complexity index is 775. The summed E-state index contributed by atoms with van der Waals surface area (Å²) in [6.07, 6.45) is 2.49. The summed E-state index contributed by atoms with van der Waals surface area (Å²) in [5.74, 6) is 2.71. The van der Waals surface area contributed by atoms with E-state index in [4.69, 9.17) is 9.72 Å². The van der Waals surface area contributed by atoms with Gasteiger partial charge in [0.25, 0.3) is 0 Å². The van der Waals surface area contributed by atoms with Gasteiger partial charge in [-0.2, -0.15) is 4.98 Å². The van der Waals surface area contributed by atoms with Gasteiger partial charge in [-0.3, -0.25) is 0 Å². The van der Waals surface area contributed by atoms with Crippen molar-refractivity contribution >= 4 is 17.6 Å². The Morgan fingerprint density at radius 1 is 1.26 bits per heavy atom. The summed E-state index contributed by atoms with van der Waals surface area (Å²) in [4.78, 5) is 15.7. The topological polar surface area (TPSA) is 95.4 Å². The van der Waals surface area contributed by atoms with Crippen LogP contribution < -0.4 is 15.5 Å². The minimum Gasteiger partial charge on any atom is -0.389 e. The summed E-state index contributed by atoms with van der Waals surface area (Å²) < 4.78 is 5.52. The highest BCUT2D eigenvalue weighted by Crippen LogP contribution is 2.28. The molecule has 2 saturated heterocycles. The van der Waals surface area contributed by atoms with Crippen LogP contribution in [-0.4, -0.2) is 65.6 Å². The van der Waals surface area contributed by atoms with Gasteiger partial charge in [-0.15, -0.1) is 0 Å². The number of nitrogens with one attached hydrogen (secondary N) is 2. The van der Waals surface area contributed by atoms with Crippen LogP contribution in [0, 0.1) is 6.92 Å². The monoisotopic (exact) mass is 370 g/mol. The third kappa shape index (κ3) is 4.28. The van der Waals surface area contributed by atoms with Crippen molar-refractivity contribution in [2.45, 2.75) is 25.4 Å². The highest BCUT2D eigenvalue weighted by atomic mass is 16.5. The largest absolute Gasteiger partial charge is 0.389 e. The van der Waals surface area contributed by atoms with Crippen molar-refractivity contribution < 1.29 is 9.84 Å². The summed E-state index contributed by atoms with van der Waals surface area (Å²) in [6.45, 7) is 6.16. The zero-order valence-corrected chi connectivity index (χ0v) is 15.6. The summed E-state index contributed by atoms with van der Waals surface area (Å²) in [5, 5.41) is 16.3. The van der Waals surface area contributed by atoms with Crippen molar-refractivity contribution in [3.05, 3.63) is 35.7 Å². The van der Waals surface area contributed by atoms with E-state index in [-0.39, 0.29) is 6.10 Å². The normalized spacial score (nSPS) is 19.8. The molecule has 1 atom stereocenters. The molecule has 0 radical (unpaired) electrons. The Labute approximate surface area is 159 Å². The zero-order chi connectivity index (χ0) is 18.6. The number of aliphatic hydroxyl groups excluding tert-OH is 1. The molecule has 144 valence electrons. The Morgan fingerprint density at radius 3 is 2.85 bits per heavy atom. The van der Waals surface area contributed by atoms with Crippen LogP contribution in [0.15, 0.2) is 24.4 Å². The summed E-state index contributed by atoms with van der Waals surface area (Å²) in [6, 6.07) is 5.99. The molecular weight excluding hydrogens is 344 g/mol. The van der Waals surface area contributed by atoms with Gasteiger partial charge < -0.3 is 25.4 Å². The second-order valence-corrected chi connectivity index (χ2v) is 7.12. The molecule has 0 amide bonds. The van der Waals surface area contributed by atoms with Crippen LogP contribution in [-0.2, 0) is 4.74 Å². The van der Waals surface area contributed by atoms with Gasteiger partial charge in [-0.25, -0.2) is 9.97 Å². The number of nitrogens with zero attached hydrogens (tertiary/aromatic N) is 4. The van der Waals surface area contributed by atoms with Gasteiger partial charge in [0.2, 0.25) is 5.95 Å². The van der Waals surface area contributed by atoms with Crippen molar-refractivity contribution in [2.75, 3.05) is 54.9 Å². The Hall–Kier alpha value is -2.45. The predicted octanol–water partition coefficient (Wildman–Crippen LogP) is 1.39. The molecule has 2 aromatic heterocycles. The van der Waals surface area contributed by atoms with E-state index in [1.165, 1.54) is 0 Å². The van der Waals surface area contributed by atoms with Crippen LogP contribution >= 0.6 is 0 Å². The number of hydrogen-bond donors (Lipinski definition) is 3. The van der Waals surface area contributed by atoms with Crippen molar-refractivity contribution in [1.29, 1.82) is 0 Å². The minimum atomic E-state index is -0.283. The molecular formula is C19H26N6O2. The van der Waals surface area contributed by atoms with Crippen LogP contribution in [0.3, 0.4) is 0 Å².